The van der Waals surface area contributed by atoms with E-state index in [-0.39, 0.29) is 0 Å². The molecule has 0 aliphatic heterocycles. The summed E-state index contributed by atoms with van der Waals surface area (Å²) >= 11 is 0. The van der Waals surface area contributed by atoms with E-state index in [4.69, 9.17) is 19.4 Å². The van der Waals surface area contributed by atoms with Gasteiger partial charge >= 0.3 is 0 Å². The number of rotatable bonds is 4. The summed E-state index contributed by atoms with van der Waals surface area (Å²) in [4.78, 5) is 15.6. The summed E-state index contributed by atoms with van der Waals surface area (Å²) in [6.07, 6.45) is 0. The highest BCUT2D eigenvalue weighted by Gasteiger charge is 2.21. The Kier molecular flexibility index (Phi) is 6.18. The SMILES string of the molecule is c1ccc(-c2ccc3c(c2)c2cc4c(cc2n3-c2nc(-c3ccc5ccccc5c3)nc(-c3ccc5ccccc5c3)n2)oc2ccccc24)cc1. The molecule has 0 N–H and O–H groups in total. The van der Waals surface area contributed by atoms with Crippen molar-refractivity contribution in [3.05, 3.63) is 170 Å². The molecule has 0 fully saturated rings. The largest absolute Gasteiger partial charge is 0.456 e. The van der Waals surface area contributed by atoms with Gasteiger partial charge in [0.05, 0.1) is 11.0 Å². The summed E-state index contributed by atoms with van der Waals surface area (Å²) < 4.78 is 8.61. The third kappa shape index (κ3) is 4.53. The fraction of sp³-hybridized carbons (Fsp3) is 0. The Bertz CT molecular complexity index is 3100. The molecular formula is C47H28N4O. The number of aromatic nitrogens is 4. The fourth-order valence-electron chi connectivity index (χ4n) is 7.64. The van der Waals surface area contributed by atoms with Crippen LogP contribution >= 0.6 is 0 Å². The zero-order valence-electron chi connectivity index (χ0n) is 27.9. The van der Waals surface area contributed by atoms with Crippen LogP contribution in [0.4, 0.5) is 0 Å². The zero-order valence-corrected chi connectivity index (χ0v) is 27.9. The Morgan fingerprint density at radius 3 is 1.65 bits per heavy atom. The lowest BCUT2D eigenvalue weighted by molar-refractivity contribution is 0.669. The van der Waals surface area contributed by atoms with Crippen molar-refractivity contribution >= 4 is 65.3 Å². The first-order valence-electron chi connectivity index (χ1n) is 17.4. The normalized spacial score (nSPS) is 11.8. The Labute approximate surface area is 298 Å². The van der Waals surface area contributed by atoms with Crippen LogP contribution in [-0.2, 0) is 0 Å². The van der Waals surface area contributed by atoms with Gasteiger partial charge in [0, 0.05) is 38.7 Å². The molecule has 0 saturated heterocycles. The van der Waals surface area contributed by atoms with Gasteiger partial charge < -0.3 is 4.42 Å². The number of furan rings is 1. The van der Waals surface area contributed by atoms with Crippen molar-refractivity contribution in [2.75, 3.05) is 0 Å². The van der Waals surface area contributed by atoms with Gasteiger partial charge in [0.2, 0.25) is 5.95 Å². The first kappa shape index (κ1) is 28.7. The van der Waals surface area contributed by atoms with E-state index in [9.17, 15) is 0 Å². The predicted octanol–water partition coefficient (Wildman–Crippen LogP) is 12.2. The Balaban J connectivity index is 1.22. The molecule has 0 radical (unpaired) electrons. The molecule has 11 rings (SSSR count). The van der Waals surface area contributed by atoms with Crippen molar-refractivity contribution in [1.29, 1.82) is 0 Å². The van der Waals surface area contributed by atoms with Crippen LogP contribution in [0.15, 0.2) is 174 Å². The summed E-state index contributed by atoms with van der Waals surface area (Å²) in [5, 5.41) is 8.99. The molecule has 242 valence electrons. The van der Waals surface area contributed by atoms with E-state index in [0.717, 1.165) is 76.8 Å². The topological polar surface area (TPSA) is 56.7 Å². The maximum atomic E-state index is 6.44. The van der Waals surface area contributed by atoms with E-state index in [1.807, 2.05) is 12.1 Å². The van der Waals surface area contributed by atoms with Crippen LogP contribution < -0.4 is 0 Å². The molecule has 0 unspecified atom stereocenters. The van der Waals surface area contributed by atoms with Crippen molar-refractivity contribution in [1.82, 2.24) is 19.5 Å². The Morgan fingerprint density at radius 1 is 0.346 bits per heavy atom. The molecule has 0 amide bonds. The molecule has 3 aromatic heterocycles. The maximum Gasteiger partial charge on any atom is 0.238 e. The molecule has 0 aliphatic rings. The van der Waals surface area contributed by atoms with E-state index in [2.05, 4.69) is 162 Å². The summed E-state index contributed by atoms with van der Waals surface area (Å²) in [6.45, 7) is 0. The molecule has 3 heterocycles. The number of hydrogen-bond acceptors (Lipinski definition) is 4. The molecule has 5 heteroatoms. The number of hydrogen-bond donors (Lipinski definition) is 0. The van der Waals surface area contributed by atoms with Gasteiger partial charge in [0.1, 0.15) is 11.2 Å². The highest BCUT2D eigenvalue weighted by Crippen LogP contribution is 2.40. The van der Waals surface area contributed by atoms with E-state index in [0.29, 0.717) is 17.6 Å². The van der Waals surface area contributed by atoms with Crippen LogP contribution in [0.25, 0.3) is 105 Å². The Hall–Kier alpha value is -7.11. The summed E-state index contributed by atoms with van der Waals surface area (Å²) in [5.74, 6) is 1.77. The minimum Gasteiger partial charge on any atom is -0.456 e. The lowest BCUT2D eigenvalue weighted by Crippen LogP contribution is -2.06. The smallest absolute Gasteiger partial charge is 0.238 e. The van der Waals surface area contributed by atoms with Crippen LogP contribution in [0.3, 0.4) is 0 Å². The first-order valence-corrected chi connectivity index (χ1v) is 17.4. The van der Waals surface area contributed by atoms with E-state index >= 15 is 0 Å². The molecule has 52 heavy (non-hydrogen) atoms. The number of benzene rings is 8. The van der Waals surface area contributed by atoms with Crippen molar-refractivity contribution in [3.63, 3.8) is 0 Å². The van der Waals surface area contributed by atoms with Crippen LogP contribution in [0.2, 0.25) is 0 Å². The van der Waals surface area contributed by atoms with Gasteiger partial charge in [0.25, 0.3) is 0 Å². The second-order valence-electron chi connectivity index (χ2n) is 13.3. The molecule has 0 aliphatic carbocycles. The molecule has 0 saturated carbocycles. The van der Waals surface area contributed by atoms with Gasteiger partial charge in [-0.05, 0) is 69.1 Å². The van der Waals surface area contributed by atoms with Crippen LogP contribution in [-0.4, -0.2) is 19.5 Å². The third-order valence-corrected chi connectivity index (χ3v) is 10.2. The van der Waals surface area contributed by atoms with Crippen molar-refractivity contribution in [2.45, 2.75) is 0 Å². The second-order valence-corrected chi connectivity index (χ2v) is 13.3. The van der Waals surface area contributed by atoms with Crippen LogP contribution in [0.1, 0.15) is 0 Å². The van der Waals surface area contributed by atoms with Crippen LogP contribution in [0.5, 0.6) is 0 Å². The lowest BCUT2D eigenvalue weighted by Gasteiger charge is -2.12. The van der Waals surface area contributed by atoms with E-state index in [1.165, 1.54) is 10.8 Å². The second kappa shape index (κ2) is 11.2. The summed E-state index contributed by atoms with van der Waals surface area (Å²) in [5.41, 5.74) is 7.82. The molecule has 0 spiro atoms. The van der Waals surface area contributed by atoms with Gasteiger partial charge in [-0.2, -0.15) is 9.97 Å². The standard InChI is InChI=1S/C47H28N4O/c1-2-10-29(11-3-1)34-22-23-41-38(26-34)39-27-40-37-16-8-9-17-43(37)52-44(40)28-42(39)51(41)47-49-45(35-20-18-30-12-4-6-14-32(30)24-35)48-46(50-47)36-21-19-31-13-5-7-15-33(31)25-36/h1-28H. The monoisotopic (exact) mass is 664 g/mol. The predicted molar refractivity (Wildman–Crippen MR) is 213 cm³/mol. The highest BCUT2D eigenvalue weighted by atomic mass is 16.3. The van der Waals surface area contributed by atoms with Crippen LogP contribution in [0, 0.1) is 0 Å². The van der Waals surface area contributed by atoms with Crippen molar-refractivity contribution in [2.24, 2.45) is 0 Å². The molecule has 0 bridgehead atoms. The molecule has 0 atom stereocenters. The minimum atomic E-state index is 0.546. The van der Waals surface area contributed by atoms with Gasteiger partial charge in [-0.3, -0.25) is 4.57 Å². The van der Waals surface area contributed by atoms with Crippen molar-refractivity contribution < 1.29 is 4.42 Å². The molecular weight excluding hydrogens is 637 g/mol. The van der Waals surface area contributed by atoms with Gasteiger partial charge in [-0.25, -0.2) is 4.98 Å². The minimum absolute atomic E-state index is 0.546. The van der Waals surface area contributed by atoms with Gasteiger partial charge in [-0.15, -0.1) is 0 Å². The zero-order chi connectivity index (χ0) is 34.2. The molecule has 11 aromatic rings. The molecule has 8 aromatic carbocycles. The number of nitrogens with zero attached hydrogens (tertiary/aromatic N) is 4. The number of fused-ring (bicyclic) bond motifs is 8. The fourth-order valence-corrected chi connectivity index (χ4v) is 7.64. The van der Waals surface area contributed by atoms with Crippen molar-refractivity contribution in [3.8, 4) is 39.9 Å². The summed E-state index contributed by atoms with van der Waals surface area (Å²) in [7, 11) is 0. The Morgan fingerprint density at radius 2 is 0.942 bits per heavy atom. The first-order chi connectivity index (χ1) is 25.7. The third-order valence-electron chi connectivity index (χ3n) is 10.2. The average molecular weight is 665 g/mol. The summed E-state index contributed by atoms with van der Waals surface area (Å²) in [6, 6.07) is 59.3. The van der Waals surface area contributed by atoms with Gasteiger partial charge in [0.15, 0.2) is 11.6 Å². The maximum absolute atomic E-state index is 6.44. The van der Waals surface area contributed by atoms with E-state index < -0.39 is 0 Å². The van der Waals surface area contributed by atoms with Gasteiger partial charge in [-0.1, -0.05) is 127 Å². The lowest BCUT2D eigenvalue weighted by atomic mass is 10.0. The number of para-hydroxylation sites is 1. The molecule has 5 nitrogen and oxygen atoms in total. The van der Waals surface area contributed by atoms with E-state index in [1.54, 1.807) is 0 Å². The highest BCUT2D eigenvalue weighted by molar-refractivity contribution is 6.17. The quantitative estimate of drug-likeness (QED) is 0.188. The average Bonchev–Trinajstić information content (AvgIpc) is 3.74.